The minimum absolute atomic E-state index is 0.0513. The van der Waals surface area contributed by atoms with Gasteiger partial charge in [0, 0.05) is 16.8 Å². The minimum atomic E-state index is -0.640. The van der Waals surface area contributed by atoms with Crippen LogP contribution in [0.3, 0.4) is 0 Å². The molecule has 0 spiro atoms. The van der Waals surface area contributed by atoms with Gasteiger partial charge in [-0.15, -0.1) is 0 Å². The quantitative estimate of drug-likeness (QED) is 0.653. The zero-order valence-electron chi connectivity index (χ0n) is 15.3. The maximum absolute atomic E-state index is 12.4. The first-order chi connectivity index (χ1) is 13.0. The predicted molar refractivity (Wildman–Crippen MR) is 106 cm³/mol. The van der Waals surface area contributed by atoms with Crippen molar-refractivity contribution in [3.8, 4) is 5.75 Å². The number of ketones is 1. The Morgan fingerprint density at radius 2 is 1.41 bits per heavy atom. The predicted octanol–water partition coefficient (Wildman–Crippen LogP) is 4.63. The maximum Gasteiger partial charge on any atom is 0.265 e. The van der Waals surface area contributed by atoms with Crippen molar-refractivity contribution in [1.29, 1.82) is 0 Å². The van der Waals surface area contributed by atoms with E-state index in [1.807, 2.05) is 49.4 Å². The largest absolute Gasteiger partial charge is 0.481 e. The van der Waals surface area contributed by atoms with E-state index in [4.69, 9.17) is 4.74 Å². The van der Waals surface area contributed by atoms with Crippen LogP contribution in [0.5, 0.6) is 5.75 Å². The molecule has 0 bridgehead atoms. The normalized spacial score (nSPS) is 11.5. The molecule has 0 saturated heterocycles. The summed E-state index contributed by atoms with van der Waals surface area (Å²) in [6.45, 7) is 3.69. The van der Waals surface area contributed by atoms with Crippen LogP contribution < -0.4 is 10.1 Å². The van der Waals surface area contributed by atoms with Gasteiger partial charge in [0.1, 0.15) is 5.75 Å². The van der Waals surface area contributed by atoms with Gasteiger partial charge in [-0.1, -0.05) is 48.0 Å². The summed E-state index contributed by atoms with van der Waals surface area (Å²) in [5, 5.41) is 2.80. The van der Waals surface area contributed by atoms with E-state index in [0.717, 1.165) is 5.56 Å². The molecular weight excluding hydrogens is 338 g/mol. The molecule has 0 aromatic heterocycles. The van der Waals surface area contributed by atoms with Gasteiger partial charge in [-0.2, -0.15) is 0 Å². The van der Waals surface area contributed by atoms with Crippen molar-refractivity contribution in [2.75, 3.05) is 5.32 Å². The number of hydrogen-bond donors (Lipinski definition) is 1. The number of carbonyl (C=O) groups is 2. The van der Waals surface area contributed by atoms with Crippen LogP contribution in [0, 0.1) is 6.92 Å². The lowest BCUT2D eigenvalue weighted by Gasteiger charge is -2.15. The van der Waals surface area contributed by atoms with Crippen LogP contribution in [-0.2, 0) is 4.79 Å². The first-order valence-corrected chi connectivity index (χ1v) is 8.77. The molecule has 0 radical (unpaired) electrons. The van der Waals surface area contributed by atoms with E-state index in [1.165, 1.54) is 0 Å². The van der Waals surface area contributed by atoms with Crippen molar-refractivity contribution in [2.45, 2.75) is 20.0 Å². The van der Waals surface area contributed by atoms with Gasteiger partial charge in [0.05, 0.1) is 0 Å². The van der Waals surface area contributed by atoms with Gasteiger partial charge in [-0.25, -0.2) is 0 Å². The molecular formula is C23H21NO3. The van der Waals surface area contributed by atoms with Crippen molar-refractivity contribution >= 4 is 17.4 Å². The van der Waals surface area contributed by atoms with E-state index < -0.39 is 6.10 Å². The number of benzene rings is 3. The second kappa shape index (κ2) is 8.32. The monoisotopic (exact) mass is 359 g/mol. The molecule has 1 N–H and O–H groups in total. The molecule has 1 atom stereocenters. The molecule has 0 unspecified atom stereocenters. The summed E-state index contributed by atoms with van der Waals surface area (Å²) in [5.74, 6) is 0.342. The van der Waals surface area contributed by atoms with Crippen molar-refractivity contribution in [1.82, 2.24) is 0 Å². The number of ether oxygens (including phenoxy) is 1. The summed E-state index contributed by atoms with van der Waals surface area (Å²) < 4.78 is 5.66. The molecule has 27 heavy (non-hydrogen) atoms. The number of hydrogen-bond acceptors (Lipinski definition) is 3. The van der Waals surface area contributed by atoms with E-state index in [9.17, 15) is 9.59 Å². The van der Waals surface area contributed by atoms with Crippen molar-refractivity contribution in [3.05, 3.63) is 95.6 Å². The molecule has 0 aliphatic heterocycles. The van der Waals surface area contributed by atoms with Crippen molar-refractivity contribution in [3.63, 3.8) is 0 Å². The number of aryl methyl sites for hydroxylation is 1. The van der Waals surface area contributed by atoms with Crippen LogP contribution in [0.2, 0.25) is 0 Å². The Balaban J connectivity index is 1.61. The molecule has 3 aromatic carbocycles. The van der Waals surface area contributed by atoms with Gasteiger partial charge >= 0.3 is 0 Å². The maximum atomic E-state index is 12.4. The molecule has 0 aliphatic rings. The van der Waals surface area contributed by atoms with Crippen LogP contribution in [0.25, 0.3) is 0 Å². The van der Waals surface area contributed by atoms with E-state index in [0.29, 0.717) is 22.6 Å². The summed E-state index contributed by atoms with van der Waals surface area (Å²) in [5.41, 5.74) is 2.95. The lowest BCUT2D eigenvalue weighted by atomic mass is 10.0. The Kier molecular flexibility index (Phi) is 5.67. The second-order valence-electron chi connectivity index (χ2n) is 6.33. The van der Waals surface area contributed by atoms with E-state index >= 15 is 0 Å². The van der Waals surface area contributed by atoms with Gasteiger partial charge in [-0.05, 0) is 50.2 Å². The molecule has 4 nitrogen and oxygen atoms in total. The summed E-state index contributed by atoms with van der Waals surface area (Å²) in [6, 6.07) is 23.5. The Labute approximate surface area is 158 Å². The zero-order valence-corrected chi connectivity index (χ0v) is 15.3. The first-order valence-electron chi connectivity index (χ1n) is 8.77. The summed E-state index contributed by atoms with van der Waals surface area (Å²) in [6.07, 6.45) is -0.640. The third kappa shape index (κ3) is 4.82. The average molecular weight is 359 g/mol. The van der Waals surface area contributed by atoms with Crippen LogP contribution in [0.4, 0.5) is 5.69 Å². The molecule has 1 amide bonds. The molecule has 0 fully saturated rings. The standard InChI is InChI=1S/C23H21NO3/c1-16-8-14-21(15-9-16)27-17(2)23(26)24-20-12-10-19(11-13-20)22(25)18-6-4-3-5-7-18/h3-15,17H,1-2H3,(H,24,26)/t17-/m1/s1. The van der Waals surface area contributed by atoms with Crippen LogP contribution in [0.15, 0.2) is 78.9 Å². The number of nitrogens with one attached hydrogen (secondary N) is 1. The Morgan fingerprint density at radius 3 is 2.04 bits per heavy atom. The van der Waals surface area contributed by atoms with Gasteiger partial charge in [0.25, 0.3) is 5.91 Å². The van der Waals surface area contributed by atoms with Gasteiger partial charge in [0.2, 0.25) is 0 Å². The van der Waals surface area contributed by atoms with Crippen LogP contribution >= 0.6 is 0 Å². The molecule has 0 heterocycles. The van der Waals surface area contributed by atoms with Gasteiger partial charge in [0.15, 0.2) is 11.9 Å². The van der Waals surface area contributed by atoms with Gasteiger partial charge < -0.3 is 10.1 Å². The highest BCUT2D eigenvalue weighted by Crippen LogP contribution is 2.16. The Hall–Kier alpha value is -3.40. The zero-order chi connectivity index (χ0) is 19.2. The van der Waals surface area contributed by atoms with E-state index in [1.54, 1.807) is 43.3 Å². The molecule has 136 valence electrons. The van der Waals surface area contributed by atoms with E-state index in [2.05, 4.69) is 5.32 Å². The fourth-order valence-electron chi connectivity index (χ4n) is 2.58. The van der Waals surface area contributed by atoms with Gasteiger partial charge in [-0.3, -0.25) is 9.59 Å². The third-order valence-electron chi connectivity index (χ3n) is 4.15. The smallest absolute Gasteiger partial charge is 0.265 e. The highest BCUT2D eigenvalue weighted by atomic mass is 16.5. The summed E-state index contributed by atoms with van der Waals surface area (Å²) in [4.78, 5) is 24.7. The van der Waals surface area contributed by atoms with Crippen molar-refractivity contribution < 1.29 is 14.3 Å². The molecule has 0 aliphatic carbocycles. The molecule has 4 heteroatoms. The van der Waals surface area contributed by atoms with Crippen LogP contribution in [0.1, 0.15) is 28.4 Å². The second-order valence-corrected chi connectivity index (χ2v) is 6.33. The summed E-state index contributed by atoms with van der Waals surface area (Å²) >= 11 is 0. The fourth-order valence-corrected chi connectivity index (χ4v) is 2.58. The fraction of sp³-hybridized carbons (Fsp3) is 0.130. The number of carbonyl (C=O) groups excluding carboxylic acids is 2. The summed E-state index contributed by atoms with van der Waals surface area (Å²) in [7, 11) is 0. The lowest BCUT2D eigenvalue weighted by molar-refractivity contribution is -0.122. The number of amides is 1. The van der Waals surface area contributed by atoms with E-state index in [-0.39, 0.29) is 11.7 Å². The SMILES string of the molecule is Cc1ccc(O[C@H](C)C(=O)Nc2ccc(C(=O)c3ccccc3)cc2)cc1. The van der Waals surface area contributed by atoms with Crippen molar-refractivity contribution in [2.24, 2.45) is 0 Å². The molecule has 3 aromatic rings. The minimum Gasteiger partial charge on any atom is -0.481 e. The lowest BCUT2D eigenvalue weighted by Crippen LogP contribution is -2.30. The highest BCUT2D eigenvalue weighted by molar-refractivity contribution is 6.09. The topological polar surface area (TPSA) is 55.4 Å². The highest BCUT2D eigenvalue weighted by Gasteiger charge is 2.15. The number of rotatable bonds is 6. The molecule has 3 rings (SSSR count). The third-order valence-corrected chi connectivity index (χ3v) is 4.15. The average Bonchev–Trinajstić information content (AvgIpc) is 2.70. The number of anilines is 1. The first kappa shape index (κ1) is 18.4. The Bertz CT molecular complexity index is 916. The Morgan fingerprint density at radius 1 is 0.815 bits per heavy atom. The molecule has 0 saturated carbocycles. The van der Waals surface area contributed by atoms with Crippen LogP contribution in [-0.4, -0.2) is 17.8 Å².